The molecule has 0 aliphatic carbocycles. The average Bonchev–Trinajstić information content (AvgIpc) is 2.92. The number of methoxy groups -OCH3 is 1. The van der Waals surface area contributed by atoms with Gasteiger partial charge in [0.2, 0.25) is 0 Å². The number of aromatic nitrogens is 2. The molecular weight excluding hydrogens is 448 g/mol. The van der Waals surface area contributed by atoms with E-state index in [2.05, 4.69) is 85.7 Å². The van der Waals surface area contributed by atoms with E-state index in [1.54, 1.807) is 13.4 Å². The smallest absolute Gasteiger partial charge is 0.159 e. The Labute approximate surface area is 212 Å². The van der Waals surface area contributed by atoms with E-state index in [9.17, 15) is 0 Å². The molecule has 0 saturated carbocycles. The Morgan fingerprint density at radius 1 is 0.861 bits per heavy atom. The van der Waals surface area contributed by atoms with E-state index in [0.29, 0.717) is 11.5 Å². The van der Waals surface area contributed by atoms with E-state index in [0.717, 1.165) is 49.0 Å². The van der Waals surface area contributed by atoms with Gasteiger partial charge in [-0.15, -0.1) is 0 Å². The van der Waals surface area contributed by atoms with Gasteiger partial charge in [-0.3, -0.25) is 4.90 Å². The highest BCUT2D eigenvalue weighted by molar-refractivity contribution is 5.80. The minimum Gasteiger partial charge on any atom is -0.495 e. The molecule has 0 unspecified atom stereocenters. The summed E-state index contributed by atoms with van der Waals surface area (Å²) in [5.74, 6) is 2.08. The number of anilines is 4. The maximum absolute atomic E-state index is 6.58. The summed E-state index contributed by atoms with van der Waals surface area (Å²) in [6, 6.07) is 27.6. The molecule has 0 spiro atoms. The molecule has 0 atom stereocenters. The van der Waals surface area contributed by atoms with Crippen LogP contribution in [0, 0.1) is 6.92 Å². The Bertz CT molecular complexity index is 1250. The fourth-order valence-electron chi connectivity index (χ4n) is 4.86. The number of hydrogen-bond donors (Lipinski definition) is 2. The zero-order chi connectivity index (χ0) is 24.9. The molecule has 1 aliphatic rings. The normalized spacial score (nSPS) is 14.1. The van der Waals surface area contributed by atoms with Gasteiger partial charge in [-0.2, -0.15) is 0 Å². The molecular formula is C29H32N6O. The molecule has 1 fully saturated rings. The number of aryl methyl sites for hydroxylation is 1. The Morgan fingerprint density at radius 2 is 1.50 bits per heavy atom. The van der Waals surface area contributed by atoms with Crippen LogP contribution in [0.3, 0.4) is 0 Å². The quantitative estimate of drug-likeness (QED) is 0.384. The molecule has 0 amide bonds. The molecule has 7 nitrogen and oxygen atoms in total. The largest absolute Gasteiger partial charge is 0.495 e. The van der Waals surface area contributed by atoms with E-state index >= 15 is 0 Å². The van der Waals surface area contributed by atoms with E-state index in [1.165, 1.54) is 11.1 Å². The molecule has 184 valence electrons. The minimum atomic E-state index is 0.211. The van der Waals surface area contributed by atoms with Crippen LogP contribution in [-0.2, 0) is 0 Å². The maximum atomic E-state index is 6.58. The lowest BCUT2D eigenvalue weighted by Gasteiger charge is -2.40. The lowest BCUT2D eigenvalue weighted by molar-refractivity contribution is 0.212. The molecule has 3 aromatic carbocycles. The van der Waals surface area contributed by atoms with Crippen molar-refractivity contribution in [3.8, 4) is 5.75 Å². The monoisotopic (exact) mass is 480 g/mol. The Kier molecular flexibility index (Phi) is 7.00. The number of rotatable bonds is 7. The third-order valence-corrected chi connectivity index (χ3v) is 6.68. The highest BCUT2D eigenvalue weighted by Gasteiger charge is 2.28. The molecule has 5 rings (SSSR count). The second-order valence-electron chi connectivity index (χ2n) is 9.04. The molecule has 1 aromatic heterocycles. The summed E-state index contributed by atoms with van der Waals surface area (Å²) in [7, 11) is 1.66. The molecule has 1 aliphatic heterocycles. The predicted molar refractivity (Wildman–Crippen MR) is 146 cm³/mol. The van der Waals surface area contributed by atoms with Crippen LogP contribution < -0.4 is 20.7 Å². The molecule has 7 heteroatoms. The predicted octanol–water partition coefficient (Wildman–Crippen LogP) is 5.03. The summed E-state index contributed by atoms with van der Waals surface area (Å²) >= 11 is 0. The lowest BCUT2D eigenvalue weighted by Crippen LogP contribution is -2.48. The Balaban J connectivity index is 1.35. The second kappa shape index (κ2) is 10.7. The summed E-state index contributed by atoms with van der Waals surface area (Å²) in [5, 5.41) is 3.34. The topological polar surface area (TPSA) is 79.5 Å². The van der Waals surface area contributed by atoms with Gasteiger partial charge in [-0.1, -0.05) is 66.7 Å². The average molecular weight is 481 g/mol. The minimum absolute atomic E-state index is 0.211. The fraction of sp³-hybridized carbons (Fsp3) is 0.241. The van der Waals surface area contributed by atoms with E-state index < -0.39 is 0 Å². The molecule has 3 N–H and O–H groups in total. The van der Waals surface area contributed by atoms with Crippen molar-refractivity contribution in [1.29, 1.82) is 0 Å². The first-order valence-electron chi connectivity index (χ1n) is 12.2. The van der Waals surface area contributed by atoms with Gasteiger partial charge < -0.3 is 20.7 Å². The number of piperazine rings is 1. The number of nitrogens with one attached hydrogen (secondary N) is 1. The van der Waals surface area contributed by atoms with Crippen molar-refractivity contribution in [2.75, 3.05) is 49.2 Å². The third-order valence-electron chi connectivity index (χ3n) is 6.68. The van der Waals surface area contributed by atoms with Gasteiger partial charge in [0.05, 0.1) is 18.8 Å². The SMILES string of the molecule is COc1ccc(C)cc1Nc1ncnc(N2CCN(C(c3ccccc3)c3ccccc3)CC2)c1N. The van der Waals surface area contributed by atoms with Gasteiger partial charge in [0.15, 0.2) is 11.6 Å². The summed E-state index contributed by atoms with van der Waals surface area (Å²) in [6.45, 7) is 5.48. The first-order chi connectivity index (χ1) is 17.6. The zero-order valence-electron chi connectivity index (χ0n) is 20.8. The van der Waals surface area contributed by atoms with Crippen molar-refractivity contribution in [3.63, 3.8) is 0 Å². The van der Waals surface area contributed by atoms with Crippen molar-refractivity contribution in [1.82, 2.24) is 14.9 Å². The van der Waals surface area contributed by atoms with Crippen molar-refractivity contribution < 1.29 is 4.74 Å². The van der Waals surface area contributed by atoms with Crippen LogP contribution in [0.5, 0.6) is 5.75 Å². The van der Waals surface area contributed by atoms with Gasteiger partial charge in [0.25, 0.3) is 0 Å². The molecule has 0 radical (unpaired) electrons. The van der Waals surface area contributed by atoms with Gasteiger partial charge in [0.1, 0.15) is 17.8 Å². The van der Waals surface area contributed by atoms with Crippen LogP contribution in [0.1, 0.15) is 22.7 Å². The number of nitrogen functional groups attached to an aromatic ring is 1. The number of benzene rings is 3. The first-order valence-corrected chi connectivity index (χ1v) is 12.2. The van der Waals surface area contributed by atoms with Crippen molar-refractivity contribution >= 4 is 23.0 Å². The first kappa shape index (κ1) is 23.6. The summed E-state index contributed by atoms with van der Waals surface area (Å²) in [6.07, 6.45) is 1.57. The van der Waals surface area contributed by atoms with Crippen LogP contribution >= 0.6 is 0 Å². The van der Waals surface area contributed by atoms with Crippen LogP contribution in [0.4, 0.5) is 23.0 Å². The molecule has 4 aromatic rings. The number of nitrogens with two attached hydrogens (primary N) is 1. The van der Waals surface area contributed by atoms with Crippen molar-refractivity contribution in [3.05, 3.63) is 102 Å². The van der Waals surface area contributed by atoms with Crippen LogP contribution in [-0.4, -0.2) is 48.2 Å². The summed E-state index contributed by atoms with van der Waals surface area (Å²) in [5.41, 5.74) is 11.7. The number of hydrogen-bond acceptors (Lipinski definition) is 7. The molecule has 36 heavy (non-hydrogen) atoms. The highest BCUT2D eigenvalue weighted by atomic mass is 16.5. The maximum Gasteiger partial charge on any atom is 0.159 e. The summed E-state index contributed by atoms with van der Waals surface area (Å²) in [4.78, 5) is 13.8. The standard InChI is InChI=1S/C29H32N6O/c1-21-13-14-25(36-2)24(19-21)33-28-26(30)29(32-20-31-28)35-17-15-34(16-18-35)27(22-9-5-3-6-10-22)23-11-7-4-8-12-23/h3-14,19-20,27H,15-18,30H2,1-2H3,(H,31,32,33). The van der Waals surface area contributed by atoms with E-state index in [1.807, 2.05) is 25.1 Å². The van der Waals surface area contributed by atoms with Crippen LogP contribution in [0.2, 0.25) is 0 Å². The lowest BCUT2D eigenvalue weighted by atomic mass is 9.96. The molecule has 0 bridgehead atoms. The Morgan fingerprint density at radius 3 is 2.11 bits per heavy atom. The number of nitrogens with zero attached hydrogens (tertiary/aromatic N) is 4. The second-order valence-corrected chi connectivity index (χ2v) is 9.04. The highest BCUT2D eigenvalue weighted by Crippen LogP contribution is 2.35. The van der Waals surface area contributed by atoms with Gasteiger partial charge in [-0.05, 0) is 35.7 Å². The summed E-state index contributed by atoms with van der Waals surface area (Å²) < 4.78 is 5.50. The molecule has 2 heterocycles. The van der Waals surface area contributed by atoms with E-state index in [-0.39, 0.29) is 6.04 Å². The van der Waals surface area contributed by atoms with Gasteiger partial charge in [0, 0.05) is 26.2 Å². The zero-order valence-corrected chi connectivity index (χ0v) is 20.8. The third kappa shape index (κ3) is 4.97. The van der Waals surface area contributed by atoms with Gasteiger partial charge >= 0.3 is 0 Å². The van der Waals surface area contributed by atoms with Crippen molar-refractivity contribution in [2.24, 2.45) is 0 Å². The van der Waals surface area contributed by atoms with Crippen molar-refractivity contribution in [2.45, 2.75) is 13.0 Å². The number of ether oxygens (including phenoxy) is 1. The Hall–Kier alpha value is -4.10. The van der Waals surface area contributed by atoms with Crippen LogP contribution in [0.15, 0.2) is 85.2 Å². The fourth-order valence-corrected chi connectivity index (χ4v) is 4.86. The van der Waals surface area contributed by atoms with E-state index in [4.69, 9.17) is 10.5 Å². The van der Waals surface area contributed by atoms with Gasteiger partial charge in [-0.25, -0.2) is 9.97 Å². The molecule has 1 saturated heterocycles. The van der Waals surface area contributed by atoms with Crippen LogP contribution in [0.25, 0.3) is 0 Å².